The predicted octanol–water partition coefficient (Wildman–Crippen LogP) is 0.763. The number of imidazole rings is 1. The van der Waals surface area contributed by atoms with E-state index in [9.17, 15) is 0 Å². The number of nitrogens with one attached hydrogen (secondary N) is 1. The van der Waals surface area contributed by atoms with Crippen LogP contribution in [0.25, 0.3) is 0 Å². The number of hydrogen-bond donors (Lipinski definition) is 2. The van der Waals surface area contributed by atoms with Gasteiger partial charge in [-0.2, -0.15) is 0 Å². The molecule has 1 unspecified atom stereocenters. The molecule has 1 atom stereocenters. The molecule has 4 heteroatoms. The first-order valence-electron chi connectivity index (χ1n) is 5.11. The minimum absolute atomic E-state index is 0.241. The highest BCUT2D eigenvalue weighted by molar-refractivity contribution is 4.95. The second kappa shape index (κ2) is 5.78. The molecule has 4 nitrogen and oxygen atoms in total. The molecular formula is C10H19N3O. The minimum atomic E-state index is -0.241. The smallest absolute Gasteiger partial charge is 0.0949 e. The lowest BCUT2D eigenvalue weighted by molar-refractivity contribution is 0.178. The van der Waals surface area contributed by atoms with E-state index in [1.54, 1.807) is 6.92 Å². The van der Waals surface area contributed by atoms with Gasteiger partial charge in [0, 0.05) is 19.3 Å². The third-order valence-corrected chi connectivity index (χ3v) is 2.05. The summed E-state index contributed by atoms with van der Waals surface area (Å²) in [4.78, 5) is 4.25. The number of nitrogens with zero attached hydrogens (tertiary/aromatic N) is 2. The third kappa shape index (κ3) is 3.89. The van der Waals surface area contributed by atoms with E-state index < -0.39 is 0 Å². The van der Waals surface area contributed by atoms with Crippen LogP contribution in [0.15, 0.2) is 12.5 Å². The van der Waals surface area contributed by atoms with E-state index in [0.29, 0.717) is 0 Å². The van der Waals surface area contributed by atoms with Crippen LogP contribution in [0.3, 0.4) is 0 Å². The van der Waals surface area contributed by atoms with Crippen molar-refractivity contribution in [1.29, 1.82) is 0 Å². The molecule has 0 radical (unpaired) electrons. The van der Waals surface area contributed by atoms with Crippen LogP contribution in [0.1, 0.15) is 26.0 Å². The van der Waals surface area contributed by atoms with Gasteiger partial charge in [-0.05, 0) is 19.9 Å². The highest BCUT2D eigenvalue weighted by Gasteiger charge is 1.99. The molecule has 0 saturated carbocycles. The molecule has 0 spiro atoms. The standard InChI is InChI=1S/C10H19N3O/c1-3-11-6-10-7-13(8-12-10)5-4-9(2)14/h7-9,11,14H,3-6H2,1-2H3. The average Bonchev–Trinajstić information content (AvgIpc) is 2.59. The second-order valence-corrected chi connectivity index (χ2v) is 3.52. The van der Waals surface area contributed by atoms with Crippen LogP contribution in [0.4, 0.5) is 0 Å². The maximum Gasteiger partial charge on any atom is 0.0949 e. The Morgan fingerprint density at radius 2 is 2.43 bits per heavy atom. The maximum absolute atomic E-state index is 9.12. The van der Waals surface area contributed by atoms with E-state index in [1.807, 2.05) is 17.1 Å². The van der Waals surface area contributed by atoms with Crippen molar-refractivity contribution in [2.75, 3.05) is 6.54 Å². The molecule has 0 aromatic carbocycles. The summed E-state index contributed by atoms with van der Waals surface area (Å²) in [6.45, 7) is 6.48. The fraction of sp³-hybridized carbons (Fsp3) is 0.700. The molecule has 1 rings (SSSR count). The molecule has 80 valence electrons. The average molecular weight is 197 g/mol. The summed E-state index contributed by atoms with van der Waals surface area (Å²) in [7, 11) is 0. The Morgan fingerprint density at radius 3 is 3.07 bits per heavy atom. The molecule has 0 aliphatic heterocycles. The van der Waals surface area contributed by atoms with Gasteiger partial charge in [0.25, 0.3) is 0 Å². The molecule has 1 aromatic heterocycles. The Balaban J connectivity index is 2.35. The van der Waals surface area contributed by atoms with Crippen molar-refractivity contribution in [3.8, 4) is 0 Å². The summed E-state index contributed by atoms with van der Waals surface area (Å²) in [6.07, 6.45) is 4.37. The van der Waals surface area contributed by atoms with Crippen molar-refractivity contribution < 1.29 is 5.11 Å². The molecular weight excluding hydrogens is 178 g/mol. The van der Waals surface area contributed by atoms with Crippen LogP contribution in [-0.4, -0.2) is 27.3 Å². The normalized spacial score (nSPS) is 13.1. The van der Waals surface area contributed by atoms with Crippen molar-refractivity contribution in [1.82, 2.24) is 14.9 Å². The summed E-state index contributed by atoms with van der Waals surface area (Å²) in [6, 6.07) is 0. The van der Waals surface area contributed by atoms with Crippen molar-refractivity contribution >= 4 is 0 Å². The predicted molar refractivity (Wildman–Crippen MR) is 55.9 cm³/mol. The zero-order valence-electron chi connectivity index (χ0n) is 8.90. The van der Waals surface area contributed by atoms with Crippen LogP contribution in [-0.2, 0) is 13.1 Å². The highest BCUT2D eigenvalue weighted by Crippen LogP contribution is 1.99. The van der Waals surface area contributed by atoms with Gasteiger partial charge in [-0.25, -0.2) is 4.98 Å². The second-order valence-electron chi connectivity index (χ2n) is 3.52. The first-order chi connectivity index (χ1) is 6.72. The number of aryl methyl sites for hydroxylation is 1. The topological polar surface area (TPSA) is 50.1 Å². The lowest BCUT2D eigenvalue weighted by Crippen LogP contribution is -2.11. The molecule has 0 amide bonds. The first-order valence-corrected chi connectivity index (χ1v) is 5.11. The number of hydrogen-bond acceptors (Lipinski definition) is 3. The van der Waals surface area contributed by atoms with Gasteiger partial charge in [-0.1, -0.05) is 6.92 Å². The summed E-state index contributed by atoms with van der Waals surface area (Å²) in [5, 5.41) is 12.3. The molecule has 1 heterocycles. The summed E-state index contributed by atoms with van der Waals surface area (Å²) in [5.74, 6) is 0. The van der Waals surface area contributed by atoms with E-state index in [0.717, 1.165) is 31.7 Å². The van der Waals surface area contributed by atoms with Crippen LogP contribution < -0.4 is 5.32 Å². The van der Waals surface area contributed by atoms with Gasteiger partial charge in [0.05, 0.1) is 18.1 Å². The Hall–Kier alpha value is -0.870. The Kier molecular flexibility index (Phi) is 4.62. The lowest BCUT2D eigenvalue weighted by Gasteiger charge is -2.03. The zero-order valence-corrected chi connectivity index (χ0v) is 8.90. The molecule has 0 aliphatic rings. The first kappa shape index (κ1) is 11.2. The maximum atomic E-state index is 9.12. The van der Waals surface area contributed by atoms with Crippen molar-refractivity contribution in [2.24, 2.45) is 0 Å². The quantitative estimate of drug-likeness (QED) is 0.708. The monoisotopic (exact) mass is 197 g/mol. The minimum Gasteiger partial charge on any atom is -0.393 e. The van der Waals surface area contributed by atoms with E-state index >= 15 is 0 Å². The number of aliphatic hydroxyl groups excluding tert-OH is 1. The van der Waals surface area contributed by atoms with Crippen LogP contribution >= 0.6 is 0 Å². The van der Waals surface area contributed by atoms with E-state index in [1.165, 1.54) is 0 Å². The molecule has 1 aromatic rings. The van der Waals surface area contributed by atoms with E-state index in [2.05, 4.69) is 17.2 Å². The van der Waals surface area contributed by atoms with Gasteiger partial charge in [0.2, 0.25) is 0 Å². The van der Waals surface area contributed by atoms with Crippen LogP contribution in [0.5, 0.6) is 0 Å². The largest absolute Gasteiger partial charge is 0.393 e. The van der Waals surface area contributed by atoms with E-state index in [4.69, 9.17) is 5.11 Å². The number of rotatable bonds is 6. The number of aliphatic hydroxyl groups is 1. The Bertz CT molecular complexity index is 258. The number of aromatic nitrogens is 2. The van der Waals surface area contributed by atoms with Gasteiger partial charge >= 0.3 is 0 Å². The molecule has 2 N–H and O–H groups in total. The van der Waals surface area contributed by atoms with Crippen molar-refractivity contribution in [2.45, 2.75) is 39.5 Å². The third-order valence-electron chi connectivity index (χ3n) is 2.05. The Labute approximate surface area is 85.0 Å². The summed E-state index contributed by atoms with van der Waals surface area (Å²) >= 11 is 0. The SMILES string of the molecule is CCNCc1cn(CCC(C)O)cn1. The summed E-state index contributed by atoms with van der Waals surface area (Å²) in [5.41, 5.74) is 1.05. The van der Waals surface area contributed by atoms with Gasteiger partial charge in [-0.3, -0.25) is 0 Å². The van der Waals surface area contributed by atoms with Crippen molar-refractivity contribution in [3.63, 3.8) is 0 Å². The highest BCUT2D eigenvalue weighted by atomic mass is 16.3. The van der Waals surface area contributed by atoms with Gasteiger partial charge in [0.1, 0.15) is 0 Å². The van der Waals surface area contributed by atoms with Gasteiger partial charge in [0.15, 0.2) is 0 Å². The molecule has 14 heavy (non-hydrogen) atoms. The van der Waals surface area contributed by atoms with Crippen LogP contribution in [0.2, 0.25) is 0 Å². The van der Waals surface area contributed by atoms with Gasteiger partial charge < -0.3 is 15.0 Å². The fourth-order valence-corrected chi connectivity index (χ4v) is 1.21. The van der Waals surface area contributed by atoms with E-state index in [-0.39, 0.29) is 6.10 Å². The molecule has 0 saturated heterocycles. The summed E-state index contributed by atoms with van der Waals surface area (Å²) < 4.78 is 2.01. The van der Waals surface area contributed by atoms with Gasteiger partial charge in [-0.15, -0.1) is 0 Å². The molecule has 0 aliphatic carbocycles. The Morgan fingerprint density at radius 1 is 1.64 bits per heavy atom. The lowest BCUT2D eigenvalue weighted by atomic mass is 10.3. The fourth-order valence-electron chi connectivity index (χ4n) is 1.21. The van der Waals surface area contributed by atoms with Crippen molar-refractivity contribution in [3.05, 3.63) is 18.2 Å². The van der Waals surface area contributed by atoms with Crippen LogP contribution in [0, 0.1) is 0 Å². The zero-order chi connectivity index (χ0) is 10.4. The molecule has 0 bridgehead atoms. The molecule has 0 fully saturated rings.